The summed E-state index contributed by atoms with van der Waals surface area (Å²) in [6, 6.07) is 12.0. The number of aryl methyl sites for hydroxylation is 2. The van der Waals surface area contributed by atoms with Gasteiger partial charge >= 0.3 is 0 Å². The highest BCUT2D eigenvalue weighted by Crippen LogP contribution is 2.01. The molecule has 0 bridgehead atoms. The number of aromatic nitrogens is 2. The van der Waals surface area contributed by atoms with Crippen molar-refractivity contribution < 1.29 is 0 Å². The molecule has 0 aromatic carbocycles. The standard InChI is InChI=1S/C12H12N2/c1-3-9-13-11(5-1)7-8-12-6-2-4-10-14-12/h1-6,9-10H,7-8H2. The van der Waals surface area contributed by atoms with Gasteiger partial charge < -0.3 is 0 Å². The van der Waals surface area contributed by atoms with Crippen molar-refractivity contribution in [1.82, 2.24) is 9.97 Å². The molecule has 0 spiro atoms. The fourth-order valence-corrected chi connectivity index (χ4v) is 1.35. The second-order valence-corrected chi connectivity index (χ2v) is 3.14. The number of rotatable bonds is 3. The van der Waals surface area contributed by atoms with Gasteiger partial charge in [-0.15, -0.1) is 0 Å². The smallest absolute Gasteiger partial charge is 0.0407 e. The molecule has 0 saturated carbocycles. The van der Waals surface area contributed by atoms with Crippen molar-refractivity contribution in [2.24, 2.45) is 0 Å². The van der Waals surface area contributed by atoms with Crippen LogP contribution >= 0.6 is 0 Å². The van der Waals surface area contributed by atoms with Gasteiger partial charge in [0, 0.05) is 23.8 Å². The molecule has 0 radical (unpaired) electrons. The van der Waals surface area contributed by atoms with E-state index in [4.69, 9.17) is 0 Å². The Balaban J connectivity index is 1.96. The lowest BCUT2D eigenvalue weighted by Gasteiger charge is -1.99. The van der Waals surface area contributed by atoms with E-state index in [-0.39, 0.29) is 0 Å². The molecule has 0 unspecified atom stereocenters. The molecule has 2 rings (SSSR count). The fourth-order valence-electron chi connectivity index (χ4n) is 1.35. The van der Waals surface area contributed by atoms with E-state index in [2.05, 4.69) is 9.97 Å². The molecule has 0 aliphatic carbocycles. The SMILES string of the molecule is c1ccc(CCc2ccccn2)nc1. The summed E-state index contributed by atoms with van der Waals surface area (Å²) in [5, 5.41) is 0. The summed E-state index contributed by atoms with van der Waals surface area (Å²) in [5.74, 6) is 0. The molecule has 2 heteroatoms. The molecule has 0 atom stereocenters. The highest BCUT2D eigenvalue weighted by molar-refractivity contribution is 5.08. The summed E-state index contributed by atoms with van der Waals surface area (Å²) in [6.45, 7) is 0. The van der Waals surface area contributed by atoms with Gasteiger partial charge in [0.05, 0.1) is 0 Å². The fraction of sp³-hybridized carbons (Fsp3) is 0.167. The van der Waals surface area contributed by atoms with Gasteiger partial charge in [-0.25, -0.2) is 0 Å². The Labute approximate surface area is 83.7 Å². The van der Waals surface area contributed by atoms with Gasteiger partial charge in [-0.3, -0.25) is 9.97 Å². The van der Waals surface area contributed by atoms with E-state index in [1.165, 1.54) is 0 Å². The minimum atomic E-state index is 0.956. The van der Waals surface area contributed by atoms with E-state index in [1.807, 2.05) is 48.8 Å². The maximum Gasteiger partial charge on any atom is 0.0407 e. The Morgan fingerprint density at radius 3 is 1.57 bits per heavy atom. The van der Waals surface area contributed by atoms with Crippen molar-refractivity contribution in [3.63, 3.8) is 0 Å². The second-order valence-electron chi connectivity index (χ2n) is 3.14. The number of nitrogens with zero attached hydrogens (tertiary/aromatic N) is 2. The summed E-state index contributed by atoms with van der Waals surface area (Å²) in [7, 11) is 0. The molecule has 0 fully saturated rings. The molecule has 2 nitrogen and oxygen atoms in total. The van der Waals surface area contributed by atoms with Gasteiger partial charge in [-0.2, -0.15) is 0 Å². The average Bonchev–Trinajstić information content (AvgIpc) is 2.29. The van der Waals surface area contributed by atoms with Gasteiger partial charge in [0.15, 0.2) is 0 Å². The Morgan fingerprint density at radius 2 is 1.21 bits per heavy atom. The molecule has 2 heterocycles. The summed E-state index contributed by atoms with van der Waals surface area (Å²) < 4.78 is 0. The second kappa shape index (κ2) is 4.51. The molecule has 70 valence electrons. The first-order chi connectivity index (χ1) is 6.95. The van der Waals surface area contributed by atoms with Crippen molar-refractivity contribution in [2.45, 2.75) is 12.8 Å². The van der Waals surface area contributed by atoms with Gasteiger partial charge in [0.2, 0.25) is 0 Å². The maximum atomic E-state index is 4.27. The highest BCUT2D eigenvalue weighted by Gasteiger charge is 1.95. The van der Waals surface area contributed by atoms with Gasteiger partial charge in [0.25, 0.3) is 0 Å². The van der Waals surface area contributed by atoms with Crippen LogP contribution in [0.4, 0.5) is 0 Å². The molecule has 2 aromatic rings. The van der Waals surface area contributed by atoms with Crippen molar-refractivity contribution in [3.05, 3.63) is 60.2 Å². The van der Waals surface area contributed by atoms with Gasteiger partial charge in [-0.1, -0.05) is 12.1 Å². The average molecular weight is 184 g/mol. The third-order valence-electron chi connectivity index (χ3n) is 2.09. The van der Waals surface area contributed by atoms with E-state index in [0.29, 0.717) is 0 Å². The van der Waals surface area contributed by atoms with Crippen molar-refractivity contribution in [2.75, 3.05) is 0 Å². The highest BCUT2D eigenvalue weighted by atomic mass is 14.7. The zero-order chi connectivity index (χ0) is 9.64. The van der Waals surface area contributed by atoms with Crippen LogP contribution in [0.15, 0.2) is 48.8 Å². The normalized spacial score (nSPS) is 10.0. The molecule has 0 aliphatic rings. The summed E-state index contributed by atoms with van der Waals surface area (Å²) in [4.78, 5) is 8.53. The largest absolute Gasteiger partial charge is 0.261 e. The Hall–Kier alpha value is -1.70. The van der Waals surface area contributed by atoms with Crippen molar-refractivity contribution >= 4 is 0 Å². The molecule has 0 aliphatic heterocycles. The predicted octanol–water partition coefficient (Wildman–Crippen LogP) is 2.26. The minimum Gasteiger partial charge on any atom is -0.261 e. The van der Waals surface area contributed by atoms with Crippen LogP contribution in [-0.2, 0) is 12.8 Å². The first-order valence-electron chi connectivity index (χ1n) is 4.75. The van der Waals surface area contributed by atoms with E-state index in [9.17, 15) is 0 Å². The maximum absolute atomic E-state index is 4.27. The minimum absolute atomic E-state index is 0.956. The molecule has 2 aromatic heterocycles. The lowest BCUT2D eigenvalue weighted by Crippen LogP contribution is -1.95. The summed E-state index contributed by atoms with van der Waals surface area (Å²) in [5.41, 5.74) is 2.25. The van der Waals surface area contributed by atoms with Crippen LogP contribution < -0.4 is 0 Å². The van der Waals surface area contributed by atoms with Gasteiger partial charge in [-0.05, 0) is 37.1 Å². The van der Waals surface area contributed by atoms with Crippen LogP contribution in [0, 0.1) is 0 Å². The van der Waals surface area contributed by atoms with Gasteiger partial charge in [0.1, 0.15) is 0 Å². The number of hydrogen-bond donors (Lipinski definition) is 0. The number of pyridine rings is 2. The number of hydrogen-bond acceptors (Lipinski definition) is 2. The van der Waals surface area contributed by atoms with E-state index in [0.717, 1.165) is 24.2 Å². The van der Waals surface area contributed by atoms with Crippen LogP contribution in [0.1, 0.15) is 11.4 Å². The predicted molar refractivity (Wildman–Crippen MR) is 55.9 cm³/mol. The van der Waals surface area contributed by atoms with Crippen LogP contribution in [0.3, 0.4) is 0 Å². The van der Waals surface area contributed by atoms with E-state index in [1.54, 1.807) is 0 Å². The molecule has 0 N–H and O–H groups in total. The molecular weight excluding hydrogens is 172 g/mol. The van der Waals surface area contributed by atoms with Crippen molar-refractivity contribution in [1.29, 1.82) is 0 Å². The lowest BCUT2D eigenvalue weighted by molar-refractivity contribution is 0.880. The lowest BCUT2D eigenvalue weighted by atomic mass is 10.1. The zero-order valence-corrected chi connectivity index (χ0v) is 7.93. The summed E-state index contributed by atoms with van der Waals surface area (Å²) in [6.07, 6.45) is 5.57. The van der Waals surface area contributed by atoms with Crippen LogP contribution in [0.5, 0.6) is 0 Å². The third-order valence-corrected chi connectivity index (χ3v) is 2.09. The first-order valence-corrected chi connectivity index (χ1v) is 4.75. The Kier molecular flexibility index (Phi) is 2.86. The van der Waals surface area contributed by atoms with E-state index < -0.39 is 0 Å². The Morgan fingerprint density at radius 1 is 0.714 bits per heavy atom. The third kappa shape index (κ3) is 2.39. The Bertz CT molecular complexity index is 331. The zero-order valence-electron chi connectivity index (χ0n) is 7.93. The van der Waals surface area contributed by atoms with Crippen LogP contribution in [0.25, 0.3) is 0 Å². The monoisotopic (exact) mass is 184 g/mol. The quantitative estimate of drug-likeness (QED) is 0.731. The molecule has 0 saturated heterocycles. The van der Waals surface area contributed by atoms with Crippen LogP contribution in [0.2, 0.25) is 0 Å². The molecule has 14 heavy (non-hydrogen) atoms. The first kappa shape index (κ1) is 8.88. The summed E-state index contributed by atoms with van der Waals surface area (Å²) >= 11 is 0. The van der Waals surface area contributed by atoms with E-state index >= 15 is 0 Å². The topological polar surface area (TPSA) is 25.8 Å². The molecule has 0 amide bonds. The molecular formula is C12H12N2. The van der Waals surface area contributed by atoms with Crippen LogP contribution in [-0.4, -0.2) is 9.97 Å². The van der Waals surface area contributed by atoms with Crippen molar-refractivity contribution in [3.8, 4) is 0 Å².